The van der Waals surface area contributed by atoms with E-state index in [9.17, 15) is 0 Å². The molecule has 1 aromatic rings. The fraction of sp³-hybridized carbons (Fsp3) is 0.250. The second-order valence-electron chi connectivity index (χ2n) is 2.35. The molecule has 0 spiro atoms. The van der Waals surface area contributed by atoms with Crippen molar-refractivity contribution in [3.8, 4) is 0 Å². The average Bonchev–Trinajstić information content (AvgIpc) is 1.96. The third kappa shape index (κ3) is 2.23. The van der Waals surface area contributed by atoms with Crippen LogP contribution in [0.3, 0.4) is 0 Å². The van der Waals surface area contributed by atoms with Crippen LogP contribution >= 0.6 is 45.8 Å². The van der Waals surface area contributed by atoms with Gasteiger partial charge in [-0.2, -0.15) is 0 Å². The number of hydrogen-bond donors (Lipinski definition) is 0. The van der Waals surface area contributed by atoms with Crippen LogP contribution < -0.4 is 0 Å². The normalized spacial score (nSPS) is 10.2. The lowest BCUT2D eigenvalue weighted by atomic mass is 10.2. The first kappa shape index (κ1) is 9.62. The van der Waals surface area contributed by atoms with Crippen LogP contribution in [0.2, 0.25) is 5.02 Å². The number of rotatable bonds is 1. The second-order valence-corrected chi connectivity index (χ2v) is 4.11. The Labute approximate surface area is 90.0 Å². The van der Waals surface area contributed by atoms with Crippen molar-refractivity contribution in [2.75, 3.05) is 0 Å². The van der Waals surface area contributed by atoms with Crippen LogP contribution in [0.5, 0.6) is 0 Å². The summed E-state index contributed by atoms with van der Waals surface area (Å²) in [6, 6.07) is 4.00. The van der Waals surface area contributed by atoms with Crippen molar-refractivity contribution in [1.29, 1.82) is 0 Å². The maximum absolute atomic E-state index is 5.93. The van der Waals surface area contributed by atoms with Gasteiger partial charge in [0.2, 0.25) is 0 Å². The van der Waals surface area contributed by atoms with Crippen molar-refractivity contribution in [2.45, 2.75) is 12.8 Å². The first-order valence-corrected chi connectivity index (χ1v) is 5.14. The van der Waals surface area contributed by atoms with E-state index in [1.54, 1.807) is 0 Å². The predicted molar refractivity (Wildman–Crippen MR) is 58.5 cm³/mol. The zero-order valence-electron chi connectivity index (χ0n) is 6.00. The van der Waals surface area contributed by atoms with Gasteiger partial charge in [-0.3, -0.25) is 0 Å². The third-order valence-corrected chi connectivity index (χ3v) is 3.57. The van der Waals surface area contributed by atoms with Gasteiger partial charge >= 0.3 is 0 Å². The first-order valence-electron chi connectivity index (χ1n) is 3.15. The van der Waals surface area contributed by atoms with Crippen molar-refractivity contribution in [2.24, 2.45) is 0 Å². The summed E-state index contributed by atoms with van der Waals surface area (Å²) >= 11 is 13.8. The van der Waals surface area contributed by atoms with Crippen molar-refractivity contribution in [1.82, 2.24) is 0 Å². The van der Waals surface area contributed by atoms with Gasteiger partial charge in [-0.05, 0) is 46.7 Å². The second kappa shape index (κ2) is 3.97. The minimum atomic E-state index is 0.527. The van der Waals surface area contributed by atoms with E-state index in [-0.39, 0.29) is 0 Å². The van der Waals surface area contributed by atoms with Crippen molar-refractivity contribution in [3.63, 3.8) is 0 Å². The van der Waals surface area contributed by atoms with E-state index in [2.05, 4.69) is 28.7 Å². The average molecular weight is 301 g/mol. The van der Waals surface area contributed by atoms with Crippen LogP contribution in [0.1, 0.15) is 11.1 Å². The zero-order chi connectivity index (χ0) is 8.43. The molecule has 0 saturated carbocycles. The lowest BCUT2D eigenvalue weighted by Crippen LogP contribution is -1.87. The highest BCUT2D eigenvalue weighted by Gasteiger charge is 2.03. The van der Waals surface area contributed by atoms with Gasteiger partial charge in [-0.1, -0.05) is 17.7 Å². The largest absolute Gasteiger partial charge is 0.122 e. The topological polar surface area (TPSA) is 0 Å². The van der Waals surface area contributed by atoms with Gasteiger partial charge in [-0.15, -0.1) is 11.6 Å². The first-order chi connectivity index (χ1) is 5.15. The molecule has 60 valence electrons. The van der Waals surface area contributed by atoms with Crippen LogP contribution in [-0.2, 0) is 5.88 Å². The Hall–Kier alpha value is 0.530. The van der Waals surface area contributed by atoms with Crippen LogP contribution in [-0.4, -0.2) is 0 Å². The Kier molecular flexibility index (Phi) is 3.47. The standard InChI is InChI=1S/C8H7Cl2I/c1-5-2-6(4-9)8(11)7(10)3-5/h2-3H,4H2,1H3. The van der Waals surface area contributed by atoms with Crippen LogP contribution in [0.15, 0.2) is 12.1 Å². The maximum Gasteiger partial charge on any atom is 0.0545 e. The van der Waals surface area contributed by atoms with Gasteiger partial charge in [0.05, 0.1) is 5.02 Å². The van der Waals surface area contributed by atoms with Crippen molar-refractivity contribution in [3.05, 3.63) is 31.9 Å². The molecule has 0 aliphatic heterocycles. The molecule has 0 saturated heterocycles. The molecule has 1 rings (SSSR count). The molecule has 0 fully saturated rings. The maximum atomic E-state index is 5.93. The van der Waals surface area contributed by atoms with E-state index in [1.807, 2.05) is 13.0 Å². The summed E-state index contributed by atoms with van der Waals surface area (Å²) in [5.74, 6) is 0.527. The van der Waals surface area contributed by atoms with E-state index in [0.29, 0.717) is 5.88 Å². The molecule has 11 heavy (non-hydrogen) atoms. The fourth-order valence-corrected chi connectivity index (χ4v) is 2.13. The van der Waals surface area contributed by atoms with Crippen LogP contribution in [0.25, 0.3) is 0 Å². The molecule has 0 amide bonds. The molecule has 1 aromatic carbocycles. The van der Waals surface area contributed by atoms with Crippen molar-refractivity contribution < 1.29 is 0 Å². The molecule has 0 N–H and O–H groups in total. The molecule has 0 atom stereocenters. The molecule has 0 heterocycles. The molecule has 3 heteroatoms. The van der Waals surface area contributed by atoms with Crippen molar-refractivity contribution >= 4 is 45.8 Å². The molecular weight excluding hydrogens is 294 g/mol. The van der Waals surface area contributed by atoms with Gasteiger partial charge in [0.25, 0.3) is 0 Å². The molecule has 0 aromatic heterocycles. The molecule has 0 aliphatic rings. The minimum Gasteiger partial charge on any atom is -0.122 e. The molecule has 0 unspecified atom stereocenters. The smallest absolute Gasteiger partial charge is 0.0545 e. The van der Waals surface area contributed by atoms with Gasteiger partial charge in [0, 0.05) is 9.45 Å². The Bertz CT molecular complexity index is 271. The Balaban J connectivity index is 3.24. The van der Waals surface area contributed by atoms with E-state index in [1.165, 1.54) is 0 Å². The Morgan fingerprint density at radius 2 is 2.09 bits per heavy atom. The fourth-order valence-electron chi connectivity index (χ4n) is 0.894. The Morgan fingerprint density at radius 3 is 2.64 bits per heavy atom. The highest BCUT2D eigenvalue weighted by Crippen LogP contribution is 2.24. The summed E-state index contributed by atoms with van der Waals surface area (Å²) < 4.78 is 1.06. The van der Waals surface area contributed by atoms with Crippen LogP contribution in [0, 0.1) is 10.5 Å². The molecule has 0 aliphatic carbocycles. The summed E-state index contributed by atoms with van der Waals surface area (Å²) in [4.78, 5) is 0. The number of hydrogen-bond acceptors (Lipinski definition) is 0. The monoisotopic (exact) mass is 300 g/mol. The number of halogens is 3. The predicted octanol–water partition coefficient (Wildman–Crippen LogP) is 3.99. The zero-order valence-corrected chi connectivity index (χ0v) is 9.67. The van der Waals surface area contributed by atoms with Gasteiger partial charge in [0.15, 0.2) is 0 Å². The van der Waals surface area contributed by atoms with E-state index in [0.717, 1.165) is 19.7 Å². The molecule has 0 nitrogen and oxygen atoms in total. The number of aryl methyl sites for hydroxylation is 1. The quantitative estimate of drug-likeness (QED) is 0.543. The highest BCUT2D eigenvalue weighted by molar-refractivity contribution is 14.1. The summed E-state index contributed by atoms with van der Waals surface area (Å²) in [6.07, 6.45) is 0. The Morgan fingerprint density at radius 1 is 1.45 bits per heavy atom. The van der Waals surface area contributed by atoms with Gasteiger partial charge < -0.3 is 0 Å². The molecule has 0 radical (unpaired) electrons. The van der Waals surface area contributed by atoms with E-state index in [4.69, 9.17) is 23.2 Å². The van der Waals surface area contributed by atoms with Gasteiger partial charge in [-0.25, -0.2) is 0 Å². The van der Waals surface area contributed by atoms with Gasteiger partial charge in [0.1, 0.15) is 0 Å². The highest BCUT2D eigenvalue weighted by atomic mass is 127. The van der Waals surface area contributed by atoms with E-state index < -0.39 is 0 Å². The van der Waals surface area contributed by atoms with Crippen LogP contribution in [0.4, 0.5) is 0 Å². The number of benzene rings is 1. The minimum absolute atomic E-state index is 0.527. The lowest BCUT2D eigenvalue weighted by molar-refractivity contribution is 1.32. The summed E-state index contributed by atoms with van der Waals surface area (Å²) in [6.45, 7) is 2.01. The molecule has 0 bridgehead atoms. The summed E-state index contributed by atoms with van der Waals surface area (Å²) in [7, 11) is 0. The molecular formula is C8H7Cl2I. The lowest BCUT2D eigenvalue weighted by Gasteiger charge is -2.03. The SMILES string of the molecule is Cc1cc(Cl)c(I)c(CCl)c1. The summed E-state index contributed by atoms with van der Waals surface area (Å²) in [5, 5.41) is 0.793. The third-order valence-electron chi connectivity index (χ3n) is 1.39. The van der Waals surface area contributed by atoms with E-state index >= 15 is 0 Å². The summed E-state index contributed by atoms with van der Waals surface area (Å²) in [5.41, 5.74) is 2.27. The number of alkyl halides is 1.